The van der Waals surface area contributed by atoms with Crippen LogP contribution in [-0.4, -0.2) is 43.7 Å². The van der Waals surface area contributed by atoms with E-state index in [4.69, 9.17) is 9.47 Å². The van der Waals surface area contributed by atoms with Crippen molar-refractivity contribution < 1.29 is 63.7 Å². The Morgan fingerprint density at radius 2 is 1.50 bits per heavy atom. The molecule has 1 aliphatic rings. The van der Waals surface area contributed by atoms with Crippen LogP contribution in [0.5, 0.6) is 0 Å². The van der Waals surface area contributed by atoms with Crippen molar-refractivity contribution in [1.29, 1.82) is 0 Å². The summed E-state index contributed by atoms with van der Waals surface area (Å²) in [6.45, 7) is -0.855. The lowest BCUT2D eigenvalue weighted by molar-refractivity contribution is -0.143. The molecule has 2 atom stereocenters. The summed E-state index contributed by atoms with van der Waals surface area (Å²) in [5, 5.41) is 11.9. The number of benzene rings is 2. The number of fused-ring (bicyclic) bond motifs is 1. The van der Waals surface area contributed by atoms with Crippen molar-refractivity contribution in [3.8, 4) is 0 Å². The van der Waals surface area contributed by atoms with Gasteiger partial charge in [-0.05, 0) is 53.9 Å². The molecule has 2 aromatic rings. The molecule has 0 spiro atoms. The highest BCUT2D eigenvalue weighted by atomic mass is 19.4. The van der Waals surface area contributed by atoms with Crippen molar-refractivity contribution >= 4 is 17.9 Å². The molecule has 40 heavy (non-hydrogen) atoms. The number of ether oxygens (including phenoxy) is 2. The molecule has 2 unspecified atom stereocenters. The molecule has 0 saturated carbocycles. The Hall–Kier alpha value is -3.69. The van der Waals surface area contributed by atoms with E-state index in [0.29, 0.717) is 24.3 Å². The van der Waals surface area contributed by atoms with Crippen LogP contribution in [0.25, 0.3) is 0 Å². The zero-order chi connectivity index (χ0) is 30.0. The minimum atomic E-state index is -5.07. The first kappa shape index (κ1) is 30.8. The second-order valence-corrected chi connectivity index (χ2v) is 8.77. The van der Waals surface area contributed by atoms with Gasteiger partial charge in [0.15, 0.2) is 0 Å². The van der Waals surface area contributed by atoms with Gasteiger partial charge in [-0.2, -0.15) is 39.5 Å². The number of halogens is 9. The molecule has 0 aromatic heterocycles. The van der Waals surface area contributed by atoms with Crippen LogP contribution in [-0.2, 0) is 34.4 Å². The normalized spacial score (nSPS) is 17.8. The Kier molecular flexibility index (Phi) is 8.81. The van der Waals surface area contributed by atoms with E-state index < -0.39 is 78.1 Å². The highest BCUT2D eigenvalue weighted by Gasteiger charge is 2.40. The Morgan fingerprint density at radius 3 is 2.00 bits per heavy atom. The van der Waals surface area contributed by atoms with Crippen LogP contribution in [0.1, 0.15) is 40.3 Å². The summed E-state index contributed by atoms with van der Waals surface area (Å²) >= 11 is 0. The predicted molar refractivity (Wildman–Crippen MR) is 120 cm³/mol. The van der Waals surface area contributed by atoms with Gasteiger partial charge in [0, 0.05) is 13.5 Å². The van der Waals surface area contributed by atoms with Gasteiger partial charge >= 0.3 is 30.7 Å². The van der Waals surface area contributed by atoms with Gasteiger partial charge in [-0.3, -0.25) is 4.90 Å². The number of nitrogens with one attached hydrogen (secondary N) is 1. The number of alkyl halides is 9. The number of carboxylic acid groups (broad SMARTS) is 1. The van der Waals surface area contributed by atoms with E-state index >= 15 is 0 Å². The van der Waals surface area contributed by atoms with Crippen molar-refractivity contribution in [3.05, 3.63) is 64.2 Å². The van der Waals surface area contributed by atoms with Crippen molar-refractivity contribution in [2.75, 3.05) is 25.2 Å². The first-order chi connectivity index (χ1) is 18.4. The second-order valence-electron chi connectivity index (χ2n) is 8.77. The molecular formula is C24H21F9N2O5. The third-order valence-electron chi connectivity index (χ3n) is 5.99. The number of amides is 2. The number of hydrogen-bond donors (Lipinski definition) is 2. The van der Waals surface area contributed by atoms with Gasteiger partial charge in [-0.1, -0.05) is 0 Å². The highest BCUT2D eigenvalue weighted by molar-refractivity contribution is 5.89. The van der Waals surface area contributed by atoms with E-state index in [-0.39, 0.29) is 30.3 Å². The van der Waals surface area contributed by atoms with Crippen molar-refractivity contribution in [1.82, 2.24) is 5.32 Å². The Balaban J connectivity index is 1.80. The molecular weight excluding hydrogens is 567 g/mol. The summed E-state index contributed by atoms with van der Waals surface area (Å²) in [7, 11) is 1.26. The average Bonchev–Trinajstić information content (AvgIpc) is 2.82. The smallest absolute Gasteiger partial charge is 0.416 e. The molecule has 0 bridgehead atoms. The molecule has 2 amide bonds. The van der Waals surface area contributed by atoms with Gasteiger partial charge < -0.3 is 19.9 Å². The fourth-order valence-electron chi connectivity index (χ4n) is 4.27. The van der Waals surface area contributed by atoms with Crippen LogP contribution in [0, 0.1) is 0 Å². The Labute approximate surface area is 220 Å². The number of alkyl carbamates (subject to hydrolysis) is 1. The molecule has 2 N–H and O–H groups in total. The topological polar surface area (TPSA) is 88.1 Å². The van der Waals surface area contributed by atoms with Crippen LogP contribution in [0.15, 0.2) is 36.4 Å². The summed E-state index contributed by atoms with van der Waals surface area (Å²) < 4.78 is 128. The third-order valence-corrected chi connectivity index (χ3v) is 5.99. The number of anilines is 1. The molecule has 0 radical (unpaired) electrons. The molecule has 0 aliphatic carbocycles. The van der Waals surface area contributed by atoms with Crippen LogP contribution in [0.2, 0.25) is 0 Å². The minimum Gasteiger partial charge on any atom is -0.465 e. The SMILES string of the molecule is COCC1CC(NC(=O)OCCc2cc(C(F)(F)F)cc(C(F)(F)F)c2)c2cc(C(F)(F)F)ccc2N1C(=O)O. The van der Waals surface area contributed by atoms with Crippen LogP contribution >= 0.6 is 0 Å². The first-order valence-corrected chi connectivity index (χ1v) is 11.4. The zero-order valence-corrected chi connectivity index (χ0v) is 20.4. The van der Waals surface area contributed by atoms with Gasteiger partial charge in [0.1, 0.15) is 0 Å². The van der Waals surface area contributed by atoms with Crippen molar-refractivity contribution in [2.45, 2.75) is 43.5 Å². The summed E-state index contributed by atoms with van der Waals surface area (Å²) in [5.41, 5.74) is -4.99. The molecule has 7 nitrogen and oxygen atoms in total. The molecule has 0 saturated heterocycles. The van der Waals surface area contributed by atoms with E-state index in [1.165, 1.54) is 7.11 Å². The van der Waals surface area contributed by atoms with Gasteiger partial charge in [-0.25, -0.2) is 9.59 Å². The molecule has 1 heterocycles. The lowest BCUT2D eigenvalue weighted by atomic mass is 9.90. The summed E-state index contributed by atoms with van der Waals surface area (Å²) in [6.07, 6.45) is -18.4. The van der Waals surface area contributed by atoms with Crippen molar-refractivity contribution in [2.24, 2.45) is 0 Å². The highest BCUT2D eigenvalue weighted by Crippen LogP contribution is 2.41. The maximum atomic E-state index is 13.3. The van der Waals surface area contributed by atoms with E-state index in [2.05, 4.69) is 5.32 Å². The number of methoxy groups -OCH3 is 1. The molecule has 3 rings (SSSR count). The lowest BCUT2D eigenvalue weighted by Crippen LogP contribution is -2.49. The van der Waals surface area contributed by atoms with Crippen molar-refractivity contribution in [3.63, 3.8) is 0 Å². The maximum absolute atomic E-state index is 13.3. The standard InChI is InChI=1S/C24H21F9N2O5/c1-39-11-16-10-18(17-9-13(22(25,26)27)2-3-19(17)35(16)21(37)38)34-20(36)40-5-4-12-6-14(23(28,29)30)8-15(7-12)24(31,32)33/h2-3,6-9,16,18H,4-5,10-11H2,1H3,(H,34,36)(H,37,38). The Morgan fingerprint density at radius 1 is 0.925 bits per heavy atom. The minimum absolute atomic E-state index is 0.0519. The number of carbonyl (C=O) groups excluding carboxylic acids is 1. The van der Waals surface area contributed by atoms with E-state index in [1.807, 2.05) is 0 Å². The Bertz CT molecular complexity index is 1210. The van der Waals surface area contributed by atoms with Gasteiger partial charge in [-0.15, -0.1) is 0 Å². The van der Waals surface area contributed by atoms with E-state index in [1.54, 1.807) is 0 Å². The largest absolute Gasteiger partial charge is 0.465 e. The number of hydrogen-bond acceptors (Lipinski definition) is 4. The van der Waals surface area contributed by atoms with E-state index in [0.717, 1.165) is 11.0 Å². The number of carbonyl (C=O) groups is 2. The number of nitrogens with zero attached hydrogens (tertiary/aromatic N) is 1. The van der Waals surface area contributed by atoms with Gasteiger partial charge in [0.25, 0.3) is 0 Å². The molecule has 1 aliphatic heterocycles. The quantitative estimate of drug-likeness (QED) is 0.369. The maximum Gasteiger partial charge on any atom is 0.416 e. The third kappa shape index (κ3) is 7.28. The monoisotopic (exact) mass is 588 g/mol. The summed E-state index contributed by atoms with van der Waals surface area (Å²) in [6, 6.07) is 1.03. The molecule has 2 aromatic carbocycles. The zero-order valence-electron chi connectivity index (χ0n) is 20.4. The fourth-order valence-corrected chi connectivity index (χ4v) is 4.27. The molecule has 0 fully saturated rings. The molecule has 220 valence electrons. The summed E-state index contributed by atoms with van der Waals surface area (Å²) in [5.74, 6) is 0. The number of rotatable bonds is 6. The second kappa shape index (κ2) is 11.4. The van der Waals surface area contributed by atoms with Crippen LogP contribution in [0.4, 0.5) is 54.8 Å². The fraction of sp³-hybridized carbons (Fsp3) is 0.417. The van der Waals surface area contributed by atoms with Gasteiger partial charge in [0.2, 0.25) is 0 Å². The first-order valence-electron chi connectivity index (χ1n) is 11.4. The van der Waals surface area contributed by atoms with Gasteiger partial charge in [0.05, 0.1) is 47.7 Å². The lowest BCUT2D eigenvalue weighted by Gasteiger charge is -2.39. The predicted octanol–water partition coefficient (Wildman–Crippen LogP) is 6.66. The summed E-state index contributed by atoms with van der Waals surface area (Å²) in [4.78, 5) is 25.1. The van der Waals surface area contributed by atoms with E-state index in [9.17, 15) is 54.2 Å². The average molecular weight is 588 g/mol. The van der Waals surface area contributed by atoms with Crippen LogP contribution < -0.4 is 10.2 Å². The molecule has 16 heteroatoms. The van der Waals surface area contributed by atoms with Crippen LogP contribution in [0.3, 0.4) is 0 Å².